The highest BCUT2D eigenvalue weighted by atomic mass is 19.4. The Bertz CT molecular complexity index is 354. The quantitative estimate of drug-likeness (QED) is 0.709. The third-order valence-corrected chi connectivity index (χ3v) is 3.31. The molecule has 1 aliphatic rings. The number of alkyl halides is 3. The lowest BCUT2D eigenvalue weighted by Gasteiger charge is -2.38. The van der Waals surface area contributed by atoms with Gasteiger partial charge in [0, 0.05) is 26.2 Å². The molecular formula is C11H19F3N4O2. The van der Waals surface area contributed by atoms with Gasteiger partial charge in [0.25, 0.3) is 0 Å². The molecule has 0 radical (unpaired) electrons. The van der Waals surface area contributed by atoms with Crippen molar-refractivity contribution in [1.82, 2.24) is 15.1 Å². The zero-order valence-electron chi connectivity index (χ0n) is 11.2. The van der Waals surface area contributed by atoms with Crippen molar-refractivity contribution in [3.63, 3.8) is 0 Å². The van der Waals surface area contributed by atoms with Crippen LogP contribution in [0.15, 0.2) is 0 Å². The van der Waals surface area contributed by atoms with E-state index in [9.17, 15) is 22.8 Å². The normalized spacial score (nSPS) is 18.8. The topological polar surface area (TPSA) is 78.7 Å². The molecule has 9 heteroatoms. The summed E-state index contributed by atoms with van der Waals surface area (Å²) in [6, 6.07) is -1.52. The first-order chi connectivity index (χ1) is 9.25. The van der Waals surface area contributed by atoms with E-state index in [1.807, 2.05) is 0 Å². The third kappa shape index (κ3) is 4.64. The third-order valence-electron chi connectivity index (χ3n) is 3.31. The molecular weight excluding hydrogens is 277 g/mol. The van der Waals surface area contributed by atoms with Crippen LogP contribution in [-0.4, -0.2) is 73.1 Å². The first-order valence-electron chi connectivity index (χ1n) is 6.31. The van der Waals surface area contributed by atoms with Gasteiger partial charge in [0.2, 0.25) is 11.8 Å². The first kappa shape index (κ1) is 16.7. The summed E-state index contributed by atoms with van der Waals surface area (Å²) in [6.45, 7) is 1.50. The number of carbonyl (C=O) groups excluding carboxylic acids is 2. The van der Waals surface area contributed by atoms with E-state index in [4.69, 9.17) is 5.73 Å². The number of halogens is 3. The van der Waals surface area contributed by atoms with Gasteiger partial charge in [-0.2, -0.15) is 13.2 Å². The van der Waals surface area contributed by atoms with Crippen molar-refractivity contribution in [3.8, 4) is 0 Å². The van der Waals surface area contributed by atoms with Gasteiger partial charge in [-0.1, -0.05) is 0 Å². The van der Waals surface area contributed by atoms with Gasteiger partial charge in [0.1, 0.15) is 6.04 Å². The molecule has 1 heterocycles. The fourth-order valence-corrected chi connectivity index (χ4v) is 1.92. The summed E-state index contributed by atoms with van der Waals surface area (Å²) in [7, 11) is 0. The van der Waals surface area contributed by atoms with Gasteiger partial charge < -0.3 is 16.0 Å². The highest BCUT2D eigenvalue weighted by Crippen LogP contribution is 2.25. The monoisotopic (exact) mass is 296 g/mol. The second-order valence-corrected chi connectivity index (χ2v) is 4.62. The van der Waals surface area contributed by atoms with Gasteiger partial charge in [-0.05, 0) is 6.92 Å². The van der Waals surface area contributed by atoms with E-state index in [0.717, 1.165) is 6.92 Å². The largest absolute Gasteiger partial charge is 0.403 e. The second kappa shape index (κ2) is 6.89. The lowest BCUT2D eigenvalue weighted by Crippen LogP contribution is -2.56. The van der Waals surface area contributed by atoms with Crippen molar-refractivity contribution < 1.29 is 22.8 Å². The molecule has 20 heavy (non-hydrogen) atoms. The molecule has 0 bridgehead atoms. The van der Waals surface area contributed by atoms with Crippen LogP contribution in [0.1, 0.15) is 6.92 Å². The zero-order chi connectivity index (χ0) is 15.3. The van der Waals surface area contributed by atoms with E-state index in [0.29, 0.717) is 0 Å². The number of amides is 2. The van der Waals surface area contributed by atoms with Crippen molar-refractivity contribution in [2.45, 2.75) is 19.1 Å². The molecule has 2 amide bonds. The average Bonchev–Trinajstić information content (AvgIpc) is 2.42. The number of carbonyl (C=O) groups is 2. The van der Waals surface area contributed by atoms with E-state index in [1.165, 1.54) is 9.80 Å². The van der Waals surface area contributed by atoms with Crippen molar-refractivity contribution in [3.05, 3.63) is 0 Å². The number of nitrogens with two attached hydrogens (primary N) is 1. The summed E-state index contributed by atoms with van der Waals surface area (Å²) >= 11 is 0. The molecule has 3 N–H and O–H groups in total. The molecule has 0 spiro atoms. The van der Waals surface area contributed by atoms with E-state index >= 15 is 0 Å². The lowest BCUT2D eigenvalue weighted by molar-refractivity contribution is -0.183. The Morgan fingerprint density at radius 1 is 1.25 bits per heavy atom. The van der Waals surface area contributed by atoms with E-state index < -0.39 is 18.1 Å². The Balaban J connectivity index is 2.38. The van der Waals surface area contributed by atoms with Gasteiger partial charge in [-0.15, -0.1) is 0 Å². The van der Waals surface area contributed by atoms with Gasteiger partial charge in [-0.3, -0.25) is 14.5 Å². The van der Waals surface area contributed by atoms with Gasteiger partial charge in [0.05, 0.1) is 13.1 Å². The molecule has 0 aromatic heterocycles. The molecule has 1 atom stereocenters. The zero-order valence-corrected chi connectivity index (χ0v) is 11.2. The smallest absolute Gasteiger partial charge is 0.346 e. The van der Waals surface area contributed by atoms with Crippen LogP contribution in [0.5, 0.6) is 0 Å². The predicted octanol–water partition coefficient (Wildman–Crippen LogP) is -0.844. The van der Waals surface area contributed by atoms with Crippen LogP contribution in [0.4, 0.5) is 13.2 Å². The van der Waals surface area contributed by atoms with E-state index in [2.05, 4.69) is 5.32 Å². The average molecular weight is 296 g/mol. The summed E-state index contributed by atoms with van der Waals surface area (Å²) in [4.78, 5) is 25.4. The molecule has 0 aliphatic carbocycles. The summed E-state index contributed by atoms with van der Waals surface area (Å²) < 4.78 is 37.7. The van der Waals surface area contributed by atoms with Crippen molar-refractivity contribution in [1.29, 1.82) is 0 Å². The number of nitrogens with one attached hydrogen (secondary N) is 1. The Kier molecular flexibility index (Phi) is 5.75. The number of hydrogen-bond acceptors (Lipinski definition) is 4. The van der Waals surface area contributed by atoms with Crippen LogP contribution in [0, 0.1) is 0 Å². The summed E-state index contributed by atoms with van der Waals surface area (Å²) in [5, 5.41) is 2.34. The maximum atomic E-state index is 12.6. The predicted molar refractivity (Wildman–Crippen MR) is 65.7 cm³/mol. The summed E-state index contributed by atoms with van der Waals surface area (Å²) in [6.07, 6.45) is -4.26. The van der Waals surface area contributed by atoms with Crippen molar-refractivity contribution in [2.24, 2.45) is 5.73 Å². The fourth-order valence-electron chi connectivity index (χ4n) is 1.92. The SMILES string of the molecule is CC(N1CCN(C(=O)CNC(=O)CN)CC1)C(F)(F)F. The standard InChI is InChI=1S/C11H19F3N4O2/c1-8(11(12,13)14)17-2-4-18(5-3-17)10(20)7-16-9(19)6-15/h8H,2-7,15H2,1H3,(H,16,19). The Labute approximate surface area is 115 Å². The molecule has 1 unspecified atom stereocenters. The van der Waals surface area contributed by atoms with Crippen molar-refractivity contribution >= 4 is 11.8 Å². The molecule has 0 saturated carbocycles. The van der Waals surface area contributed by atoms with Gasteiger partial charge in [-0.25, -0.2) is 0 Å². The second-order valence-electron chi connectivity index (χ2n) is 4.62. The molecule has 1 fully saturated rings. The fraction of sp³-hybridized carbons (Fsp3) is 0.818. The highest BCUT2D eigenvalue weighted by molar-refractivity contribution is 5.85. The summed E-state index contributed by atoms with van der Waals surface area (Å²) in [5.74, 6) is -0.756. The van der Waals surface area contributed by atoms with Crippen LogP contribution in [-0.2, 0) is 9.59 Å². The van der Waals surface area contributed by atoms with Crippen LogP contribution in [0.2, 0.25) is 0 Å². The van der Waals surface area contributed by atoms with E-state index in [1.54, 1.807) is 0 Å². The Morgan fingerprint density at radius 2 is 1.80 bits per heavy atom. The minimum absolute atomic E-state index is 0.164. The maximum absolute atomic E-state index is 12.6. The van der Waals surface area contributed by atoms with E-state index in [-0.39, 0.29) is 45.2 Å². The van der Waals surface area contributed by atoms with Gasteiger partial charge >= 0.3 is 6.18 Å². The Morgan fingerprint density at radius 3 is 2.25 bits per heavy atom. The minimum Gasteiger partial charge on any atom is -0.346 e. The van der Waals surface area contributed by atoms with Crippen LogP contribution in [0.3, 0.4) is 0 Å². The van der Waals surface area contributed by atoms with Crippen LogP contribution in [0.25, 0.3) is 0 Å². The molecule has 116 valence electrons. The first-order valence-corrected chi connectivity index (χ1v) is 6.31. The van der Waals surface area contributed by atoms with Crippen molar-refractivity contribution in [2.75, 3.05) is 39.3 Å². The molecule has 6 nitrogen and oxygen atoms in total. The summed E-state index contributed by atoms with van der Waals surface area (Å²) in [5.41, 5.74) is 5.08. The molecule has 1 rings (SSSR count). The molecule has 1 saturated heterocycles. The highest BCUT2D eigenvalue weighted by Gasteiger charge is 2.41. The van der Waals surface area contributed by atoms with Crippen LogP contribution >= 0.6 is 0 Å². The molecule has 0 aromatic rings. The number of nitrogens with zero attached hydrogens (tertiary/aromatic N) is 2. The Hall–Kier alpha value is -1.35. The maximum Gasteiger partial charge on any atom is 0.403 e. The molecule has 1 aliphatic heterocycles. The number of hydrogen-bond donors (Lipinski definition) is 2. The number of piperazine rings is 1. The lowest BCUT2D eigenvalue weighted by atomic mass is 10.2. The van der Waals surface area contributed by atoms with Crippen LogP contribution < -0.4 is 11.1 Å². The van der Waals surface area contributed by atoms with Gasteiger partial charge in [0.15, 0.2) is 0 Å². The minimum atomic E-state index is -4.26. The molecule has 0 aromatic carbocycles. The number of rotatable bonds is 4.